The molecule has 0 aliphatic carbocycles. The molecule has 0 atom stereocenters. The predicted octanol–water partition coefficient (Wildman–Crippen LogP) is 4.53. The van der Waals surface area contributed by atoms with Crippen molar-refractivity contribution in [3.05, 3.63) is 53.2 Å². The molecule has 0 saturated heterocycles. The Morgan fingerprint density at radius 1 is 1.21 bits per heavy atom. The largest absolute Gasteiger partial charge is 0.496 e. The molecule has 150 valence electrons. The Labute approximate surface area is 171 Å². The van der Waals surface area contributed by atoms with E-state index in [1.54, 1.807) is 31.2 Å². The first-order valence-corrected chi connectivity index (χ1v) is 9.03. The zero-order valence-electron chi connectivity index (χ0n) is 15.7. The fourth-order valence-corrected chi connectivity index (χ4v) is 2.90. The molecule has 0 aliphatic rings. The van der Waals surface area contributed by atoms with Crippen molar-refractivity contribution in [3.63, 3.8) is 0 Å². The van der Waals surface area contributed by atoms with Crippen LogP contribution in [0.5, 0.6) is 17.2 Å². The van der Waals surface area contributed by atoms with Gasteiger partial charge in [-0.2, -0.15) is 0 Å². The van der Waals surface area contributed by atoms with E-state index in [9.17, 15) is 14.7 Å². The molecule has 0 bridgehead atoms. The molecule has 8 nitrogen and oxygen atoms in total. The number of methoxy groups -OCH3 is 1. The van der Waals surface area contributed by atoms with Crippen LogP contribution in [0.15, 0.2) is 42.6 Å². The number of para-hydroxylation sites is 2. The number of urea groups is 1. The summed E-state index contributed by atoms with van der Waals surface area (Å²) in [5.74, 6) is -0.440. The first-order chi connectivity index (χ1) is 13.9. The number of pyridine rings is 1. The minimum Gasteiger partial charge on any atom is -0.496 e. The number of halogens is 1. The molecule has 3 N–H and O–H groups in total. The lowest BCUT2D eigenvalue weighted by Gasteiger charge is -2.15. The van der Waals surface area contributed by atoms with Crippen molar-refractivity contribution in [1.82, 2.24) is 10.3 Å². The summed E-state index contributed by atoms with van der Waals surface area (Å²) in [6.07, 6.45) is 1.40. The number of carboxylic acid groups (broad SMARTS) is 1. The molecule has 2 amide bonds. The van der Waals surface area contributed by atoms with Crippen LogP contribution in [-0.4, -0.2) is 35.7 Å². The van der Waals surface area contributed by atoms with E-state index in [1.165, 1.54) is 25.4 Å². The fraction of sp³-hybridized carbons (Fsp3) is 0.150. The minimum absolute atomic E-state index is 0.0531. The van der Waals surface area contributed by atoms with Crippen LogP contribution in [-0.2, 0) is 0 Å². The molecule has 1 aromatic heterocycles. The van der Waals surface area contributed by atoms with Crippen LogP contribution in [0.1, 0.15) is 17.3 Å². The van der Waals surface area contributed by atoms with E-state index in [4.69, 9.17) is 21.1 Å². The highest BCUT2D eigenvalue weighted by atomic mass is 35.5. The predicted molar refractivity (Wildman–Crippen MR) is 109 cm³/mol. The van der Waals surface area contributed by atoms with E-state index in [0.717, 1.165) is 0 Å². The topological polar surface area (TPSA) is 110 Å². The molecule has 0 unspecified atom stereocenters. The number of aromatic carboxylic acids is 1. The number of ether oxygens (including phenoxy) is 2. The van der Waals surface area contributed by atoms with Crippen LogP contribution in [0, 0.1) is 0 Å². The third-order valence-electron chi connectivity index (χ3n) is 4.01. The molecule has 0 spiro atoms. The lowest BCUT2D eigenvalue weighted by Crippen LogP contribution is -2.28. The number of carboxylic acids is 1. The van der Waals surface area contributed by atoms with Crippen molar-refractivity contribution in [1.29, 1.82) is 0 Å². The third-order valence-corrected chi connectivity index (χ3v) is 4.28. The number of nitrogens with one attached hydrogen (secondary N) is 2. The number of anilines is 1. The number of fused-ring (bicyclic) bond motifs is 1. The molecule has 0 fully saturated rings. The van der Waals surface area contributed by atoms with Gasteiger partial charge in [-0.1, -0.05) is 23.7 Å². The molecule has 3 rings (SSSR count). The molecular weight excluding hydrogens is 398 g/mol. The van der Waals surface area contributed by atoms with E-state index in [1.807, 2.05) is 0 Å². The Morgan fingerprint density at radius 3 is 2.66 bits per heavy atom. The number of hydrogen-bond acceptors (Lipinski definition) is 5. The maximum atomic E-state index is 11.9. The molecule has 2 aromatic carbocycles. The van der Waals surface area contributed by atoms with Crippen molar-refractivity contribution >= 4 is 40.2 Å². The van der Waals surface area contributed by atoms with Gasteiger partial charge in [0, 0.05) is 24.2 Å². The van der Waals surface area contributed by atoms with Crippen molar-refractivity contribution in [3.8, 4) is 17.2 Å². The first kappa shape index (κ1) is 20.2. The molecule has 29 heavy (non-hydrogen) atoms. The average Bonchev–Trinajstić information content (AvgIpc) is 2.70. The summed E-state index contributed by atoms with van der Waals surface area (Å²) in [6, 6.07) is 9.33. The number of nitrogens with zero attached hydrogens (tertiary/aromatic N) is 1. The van der Waals surface area contributed by atoms with E-state index < -0.39 is 5.97 Å². The number of benzene rings is 2. The van der Waals surface area contributed by atoms with Crippen LogP contribution >= 0.6 is 11.6 Å². The zero-order valence-corrected chi connectivity index (χ0v) is 16.4. The van der Waals surface area contributed by atoms with Crippen molar-refractivity contribution in [2.75, 3.05) is 19.0 Å². The highest BCUT2D eigenvalue weighted by Crippen LogP contribution is 2.40. The molecule has 0 aliphatic heterocycles. The summed E-state index contributed by atoms with van der Waals surface area (Å²) in [4.78, 5) is 27.7. The number of amides is 2. The van der Waals surface area contributed by atoms with Gasteiger partial charge >= 0.3 is 12.0 Å². The molecule has 3 aromatic rings. The van der Waals surface area contributed by atoms with Crippen LogP contribution in [0.25, 0.3) is 10.9 Å². The van der Waals surface area contributed by atoms with Gasteiger partial charge in [-0.25, -0.2) is 9.59 Å². The van der Waals surface area contributed by atoms with Gasteiger partial charge in [0.05, 0.1) is 18.3 Å². The van der Waals surface area contributed by atoms with E-state index >= 15 is 0 Å². The van der Waals surface area contributed by atoms with Crippen molar-refractivity contribution < 1.29 is 24.2 Å². The van der Waals surface area contributed by atoms with E-state index in [0.29, 0.717) is 28.9 Å². The highest BCUT2D eigenvalue weighted by Gasteiger charge is 2.18. The van der Waals surface area contributed by atoms with E-state index in [-0.39, 0.29) is 28.1 Å². The monoisotopic (exact) mass is 415 g/mol. The SMILES string of the molecule is CCNC(=O)Nc1ccccc1Oc1c(Cl)cnc2cc(OC)c(C(=O)O)cc12. The van der Waals surface area contributed by atoms with Crippen LogP contribution < -0.4 is 20.1 Å². The standard InChI is InChI=1S/C20H18ClN3O5/c1-3-22-20(27)24-14-6-4-5-7-16(14)29-18-11-8-12(19(25)26)17(28-2)9-15(11)23-10-13(18)21/h4-10H,3H2,1-2H3,(H,25,26)(H2,22,24,27). The molecule has 0 radical (unpaired) electrons. The van der Waals surface area contributed by atoms with Gasteiger partial charge in [-0.15, -0.1) is 0 Å². The van der Waals surface area contributed by atoms with Crippen LogP contribution in [0.3, 0.4) is 0 Å². The van der Waals surface area contributed by atoms with Crippen molar-refractivity contribution in [2.24, 2.45) is 0 Å². The second-order valence-corrected chi connectivity index (χ2v) is 6.30. The van der Waals surface area contributed by atoms with Gasteiger partial charge in [0.15, 0.2) is 11.5 Å². The normalized spacial score (nSPS) is 10.4. The maximum absolute atomic E-state index is 11.9. The second kappa shape index (κ2) is 8.66. The van der Waals surface area contributed by atoms with Crippen LogP contribution in [0.4, 0.5) is 10.5 Å². The maximum Gasteiger partial charge on any atom is 0.339 e. The Kier molecular flexibility index (Phi) is 6.04. The molecule has 1 heterocycles. The highest BCUT2D eigenvalue weighted by molar-refractivity contribution is 6.33. The van der Waals surface area contributed by atoms with E-state index in [2.05, 4.69) is 15.6 Å². The third kappa shape index (κ3) is 4.33. The quantitative estimate of drug-likeness (QED) is 0.545. The first-order valence-electron chi connectivity index (χ1n) is 8.65. The summed E-state index contributed by atoms with van der Waals surface area (Å²) in [7, 11) is 1.38. The zero-order chi connectivity index (χ0) is 21.0. The lowest BCUT2D eigenvalue weighted by atomic mass is 10.1. The second-order valence-electron chi connectivity index (χ2n) is 5.89. The number of carbonyl (C=O) groups is 2. The smallest absolute Gasteiger partial charge is 0.339 e. The number of rotatable bonds is 6. The lowest BCUT2D eigenvalue weighted by molar-refractivity contribution is 0.0693. The molecular formula is C20H18ClN3O5. The molecule has 9 heteroatoms. The summed E-state index contributed by atoms with van der Waals surface area (Å²) < 4.78 is 11.1. The Balaban J connectivity index is 2.09. The van der Waals surface area contributed by atoms with Gasteiger partial charge in [-0.3, -0.25) is 4.98 Å². The Morgan fingerprint density at radius 2 is 1.97 bits per heavy atom. The Bertz CT molecular complexity index is 1090. The number of hydrogen-bond donors (Lipinski definition) is 3. The van der Waals surface area contributed by atoms with Gasteiger partial charge < -0.3 is 25.2 Å². The summed E-state index contributed by atoms with van der Waals surface area (Å²) in [6.45, 7) is 2.27. The fourth-order valence-electron chi connectivity index (χ4n) is 2.71. The summed E-state index contributed by atoms with van der Waals surface area (Å²) >= 11 is 6.30. The number of aromatic nitrogens is 1. The number of carbonyl (C=O) groups excluding carboxylic acids is 1. The Hall–Kier alpha value is -3.52. The molecule has 0 saturated carbocycles. The summed E-state index contributed by atoms with van der Waals surface area (Å²) in [5, 5.41) is 15.4. The van der Waals surface area contributed by atoms with Crippen LogP contribution in [0.2, 0.25) is 5.02 Å². The average molecular weight is 416 g/mol. The minimum atomic E-state index is -1.16. The van der Waals surface area contributed by atoms with Gasteiger partial charge in [-0.05, 0) is 25.1 Å². The van der Waals surface area contributed by atoms with Gasteiger partial charge in [0.25, 0.3) is 0 Å². The van der Waals surface area contributed by atoms with Gasteiger partial charge in [0.2, 0.25) is 0 Å². The summed E-state index contributed by atoms with van der Waals surface area (Å²) in [5.41, 5.74) is 0.814. The van der Waals surface area contributed by atoms with Crippen molar-refractivity contribution in [2.45, 2.75) is 6.92 Å². The van der Waals surface area contributed by atoms with Gasteiger partial charge in [0.1, 0.15) is 16.3 Å².